The fourth-order valence-corrected chi connectivity index (χ4v) is 2.18. The van der Waals surface area contributed by atoms with E-state index in [1.54, 1.807) is 13.0 Å². The Morgan fingerprint density at radius 3 is 2.75 bits per heavy atom. The van der Waals surface area contributed by atoms with Crippen molar-refractivity contribution in [3.63, 3.8) is 0 Å². The van der Waals surface area contributed by atoms with E-state index in [2.05, 4.69) is 5.32 Å². The predicted octanol–water partition coefficient (Wildman–Crippen LogP) is 1.19. The van der Waals surface area contributed by atoms with Crippen molar-refractivity contribution >= 4 is 17.7 Å². The minimum absolute atomic E-state index is 0.0221. The van der Waals surface area contributed by atoms with Crippen molar-refractivity contribution in [3.05, 3.63) is 29.6 Å². The summed E-state index contributed by atoms with van der Waals surface area (Å²) in [6.07, 6.45) is -0.913. The van der Waals surface area contributed by atoms with Crippen LogP contribution in [0.3, 0.4) is 0 Å². The van der Waals surface area contributed by atoms with Gasteiger partial charge in [0.25, 0.3) is 0 Å². The number of nitrogens with one attached hydrogen (secondary N) is 1. The summed E-state index contributed by atoms with van der Waals surface area (Å²) in [7, 11) is 0. The summed E-state index contributed by atoms with van der Waals surface area (Å²) >= 11 is 0. The van der Waals surface area contributed by atoms with E-state index in [4.69, 9.17) is 5.11 Å². The standard InChI is InChI=1S/C13H15FN2O4/c1-7-2-3-10(9(14)4-7)15-13(20)16-6-8(17)5-11(16)12(18)19/h2-4,8,11,17H,5-6H2,1H3,(H,15,20)(H,18,19)/t8-,11-/m1/s1. The lowest BCUT2D eigenvalue weighted by molar-refractivity contribution is -0.141. The Kier molecular flexibility index (Phi) is 3.89. The molecule has 3 N–H and O–H groups in total. The van der Waals surface area contributed by atoms with Gasteiger partial charge in [0.15, 0.2) is 0 Å². The van der Waals surface area contributed by atoms with Crippen molar-refractivity contribution in [2.45, 2.75) is 25.5 Å². The Morgan fingerprint density at radius 1 is 1.45 bits per heavy atom. The minimum Gasteiger partial charge on any atom is -0.480 e. The van der Waals surface area contributed by atoms with Crippen molar-refractivity contribution in [2.24, 2.45) is 0 Å². The molecule has 1 aliphatic heterocycles. The van der Waals surface area contributed by atoms with Gasteiger partial charge in [-0.1, -0.05) is 6.07 Å². The first kappa shape index (κ1) is 14.3. The number of likely N-dealkylation sites (tertiary alicyclic amines) is 1. The Bertz CT molecular complexity index is 549. The maximum absolute atomic E-state index is 13.6. The van der Waals surface area contributed by atoms with Gasteiger partial charge in [-0.15, -0.1) is 0 Å². The molecule has 20 heavy (non-hydrogen) atoms. The molecule has 2 atom stereocenters. The number of β-amino-alcohol motifs (C(OH)–C–C–N with tert-alkyl or cyclic N) is 1. The smallest absolute Gasteiger partial charge is 0.326 e. The normalized spacial score (nSPS) is 21.9. The second-order valence-corrected chi connectivity index (χ2v) is 4.81. The van der Waals surface area contributed by atoms with Crippen molar-refractivity contribution < 1.29 is 24.2 Å². The highest BCUT2D eigenvalue weighted by Gasteiger charge is 2.39. The van der Waals surface area contributed by atoms with Gasteiger partial charge in [-0.05, 0) is 24.6 Å². The molecule has 0 aliphatic carbocycles. The summed E-state index contributed by atoms with van der Waals surface area (Å²) in [6.45, 7) is 1.63. The number of hydrogen-bond donors (Lipinski definition) is 3. The van der Waals surface area contributed by atoms with Crippen LogP contribution in [0, 0.1) is 12.7 Å². The zero-order valence-corrected chi connectivity index (χ0v) is 10.8. The minimum atomic E-state index is -1.19. The number of hydrogen-bond acceptors (Lipinski definition) is 3. The lowest BCUT2D eigenvalue weighted by Crippen LogP contribution is -2.43. The number of amides is 2. The van der Waals surface area contributed by atoms with Crippen LogP contribution < -0.4 is 5.32 Å². The third kappa shape index (κ3) is 2.88. The Labute approximate surface area is 114 Å². The number of nitrogens with zero attached hydrogens (tertiary/aromatic N) is 1. The van der Waals surface area contributed by atoms with E-state index < -0.39 is 30.0 Å². The van der Waals surface area contributed by atoms with Crippen molar-refractivity contribution in [2.75, 3.05) is 11.9 Å². The number of anilines is 1. The molecule has 0 unspecified atom stereocenters. The predicted molar refractivity (Wildman–Crippen MR) is 68.9 cm³/mol. The Morgan fingerprint density at radius 2 is 2.15 bits per heavy atom. The van der Waals surface area contributed by atoms with Gasteiger partial charge >= 0.3 is 12.0 Å². The van der Waals surface area contributed by atoms with Crippen LogP contribution >= 0.6 is 0 Å². The van der Waals surface area contributed by atoms with E-state index >= 15 is 0 Å². The van der Waals surface area contributed by atoms with Gasteiger partial charge in [0.1, 0.15) is 11.9 Å². The van der Waals surface area contributed by atoms with Crippen LogP contribution in [0.2, 0.25) is 0 Å². The van der Waals surface area contributed by atoms with Crippen LogP contribution in [0.15, 0.2) is 18.2 Å². The van der Waals surface area contributed by atoms with Crippen LogP contribution in [0.5, 0.6) is 0 Å². The first-order valence-corrected chi connectivity index (χ1v) is 6.13. The van der Waals surface area contributed by atoms with E-state index in [0.717, 1.165) is 4.90 Å². The lowest BCUT2D eigenvalue weighted by atomic mass is 10.2. The van der Waals surface area contributed by atoms with Crippen LogP contribution in [0.1, 0.15) is 12.0 Å². The molecule has 1 aromatic carbocycles. The molecule has 6 nitrogen and oxygen atoms in total. The highest BCUT2D eigenvalue weighted by molar-refractivity contribution is 5.92. The molecule has 108 valence electrons. The summed E-state index contributed by atoms with van der Waals surface area (Å²) in [4.78, 5) is 24.0. The number of aliphatic carboxylic acids is 1. The quantitative estimate of drug-likeness (QED) is 0.760. The number of aliphatic hydroxyl groups excluding tert-OH is 1. The van der Waals surface area contributed by atoms with Gasteiger partial charge < -0.3 is 20.4 Å². The molecule has 1 heterocycles. The SMILES string of the molecule is Cc1ccc(NC(=O)N2C[C@H](O)C[C@@H]2C(=O)O)c(F)c1. The highest BCUT2D eigenvalue weighted by atomic mass is 19.1. The molecule has 1 fully saturated rings. The molecular formula is C13H15FN2O4. The molecule has 1 saturated heterocycles. The molecule has 7 heteroatoms. The van der Waals surface area contributed by atoms with Gasteiger partial charge in [-0.3, -0.25) is 0 Å². The Hall–Kier alpha value is -2.15. The summed E-state index contributed by atoms with van der Waals surface area (Å²) in [5.74, 6) is -1.79. The number of carbonyl (C=O) groups excluding carboxylic acids is 1. The van der Waals surface area contributed by atoms with E-state index in [9.17, 15) is 19.1 Å². The first-order chi connectivity index (χ1) is 9.38. The van der Waals surface area contributed by atoms with Crippen molar-refractivity contribution in [1.82, 2.24) is 4.90 Å². The molecule has 1 aromatic rings. The van der Waals surface area contributed by atoms with Crippen LogP contribution in [0.25, 0.3) is 0 Å². The van der Waals surface area contributed by atoms with Gasteiger partial charge in [0, 0.05) is 13.0 Å². The average Bonchev–Trinajstić information content (AvgIpc) is 2.75. The van der Waals surface area contributed by atoms with E-state index in [0.29, 0.717) is 5.56 Å². The molecule has 1 aliphatic rings. The summed E-state index contributed by atoms with van der Waals surface area (Å²) in [6, 6.07) is 2.47. The average molecular weight is 282 g/mol. The fourth-order valence-electron chi connectivity index (χ4n) is 2.18. The Balaban J connectivity index is 2.13. The molecule has 0 spiro atoms. The number of carboxylic acid groups (broad SMARTS) is 1. The van der Waals surface area contributed by atoms with Crippen molar-refractivity contribution in [1.29, 1.82) is 0 Å². The summed E-state index contributed by atoms with van der Waals surface area (Å²) in [5, 5.41) is 20.8. The molecule has 0 radical (unpaired) electrons. The summed E-state index contributed by atoms with van der Waals surface area (Å²) < 4.78 is 13.6. The largest absolute Gasteiger partial charge is 0.480 e. The fraction of sp³-hybridized carbons (Fsp3) is 0.385. The zero-order valence-electron chi connectivity index (χ0n) is 10.8. The number of aliphatic hydroxyl groups is 1. The zero-order chi connectivity index (χ0) is 14.9. The number of urea groups is 1. The van der Waals surface area contributed by atoms with Gasteiger partial charge in [-0.25, -0.2) is 14.0 Å². The van der Waals surface area contributed by atoms with Crippen LogP contribution in [-0.2, 0) is 4.79 Å². The third-order valence-corrected chi connectivity index (χ3v) is 3.19. The number of rotatable bonds is 2. The van der Waals surface area contributed by atoms with Gasteiger partial charge in [0.05, 0.1) is 11.8 Å². The van der Waals surface area contributed by atoms with E-state index in [-0.39, 0.29) is 18.7 Å². The van der Waals surface area contributed by atoms with Crippen LogP contribution in [0.4, 0.5) is 14.9 Å². The molecule has 2 amide bonds. The van der Waals surface area contributed by atoms with Crippen molar-refractivity contribution in [3.8, 4) is 0 Å². The molecule has 0 saturated carbocycles. The van der Waals surface area contributed by atoms with Crippen LogP contribution in [-0.4, -0.2) is 45.8 Å². The second-order valence-electron chi connectivity index (χ2n) is 4.81. The molecule has 2 rings (SSSR count). The second kappa shape index (κ2) is 5.46. The number of halogens is 1. The molecule has 0 aromatic heterocycles. The maximum atomic E-state index is 13.6. The highest BCUT2D eigenvalue weighted by Crippen LogP contribution is 2.21. The first-order valence-electron chi connectivity index (χ1n) is 6.13. The van der Waals surface area contributed by atoms with Gasteiger partial charge in [-0.2, -0.15) is 0 Å². The molecular weight excluding hydrogens is 267 g/mol. The topological polar surface area (TPSA) is 89.9 Å². The molecule has 0 bridgehead atoms. The lowest BCUT2D eigenvalue weighted by Gasteiger charge is -2.21. The van der Waals surface area contributed by atoms with Gasteiger partial charge in [0.2, 0.25) is 0 Å². The van der Waals surface area contributed by atoms with E-state index in [1.807, 2.05) is 0 Å². The number of carboxylic acids is 1. The number of benzene rings is 1. The summed E-state index contributed by atoms with van der Waals surface area (Å²) in [5.41, 5.74) is 0.687. The number of carbonyl (C=O) groups is 2. The van der Waals surface area contributed by atoms with E-state index in [1.165, 1.54) is 12.1 Å². The third-order valence-electron chi connectivity index (χ3n) is 3.19. The monoisotopic (exact) mass is 282 g/mol. The number of aryl methyl sites for hydroxylation is 1. The maximum Gasteiger partial charge on any atom is 0.326 e.